The van der Waals surface area contributed by atoms with Crippen LogP contribution in [0.5, 0.6) is 0 Å². The third kappa shape index (κ3) is 3.07. The molecule has 0 spiro atoms. The Balaban J connectivity index is 1.82. The van der Waals surface area contributed by atoms with Crippen molar-refractivity contribution in [3.8, 4) is 16.8 Å². The quantitative estimate of drug-likeness (QED) is 0.288. The second-order valence-corrected chi connectivity index (χ2v) is 11.8. The fourth-order valence-electron chi connectivity index (χ4n) is 7.46. The first-order chi connectivity index (χ1) is 16.9. The molecule has 2 aliphatic carbocycles. The summed E-state index contributed by atoms with van der Waals surface area (Å²) in [6.45, 7) is 11.8. The van der Waals surface area contributed by atoms with Crippen molar-refractivity contribution in [2.75, 3.05) is 0 Å². The highest BCUT2D eigenvalue weighted by atomic mass is 15.0. The van der Waals surface area contributed by atoms with Crippen molar-refractivity contribution in [3.05, 3.63) is 113 Å². The third-order valence-electron chi connectivity index (χ3n) is 8.69. The largest absolute Gasteiger partial charge is 0.316 e. The molecule has 1 aromatic heterocycles. The SMILES string of the molecule is Cc1ccccc1-n1c(C)c2c(c1C(C)(C)C)-c1ccccc1C2(c1ccccc1)C1CCCC1. The average molecular weight is 460 g/mol. The number of hydrogen-bond acceptors (Lipinski definition) is 0. The Hall–Kier alpha value is -3.06. The van der Waals surface area contributed by atoms with E-state index in [2.05, 4.69) is 118 Å². The van der Waals surface area contributed by atoms with E-state index in [1.54, 1.807) is 5.56 Å². The topological polar surface area (TPSA) is 4.93 Å². The maximum absolute atomic E-state index is 2.61. The van der Waals surface area contributed by atoms with Gasteiger partial charge in [-0.25, -0.2) is 0 Å². The van der Waals surface area contributed by atoms with Crippen molar-refractivity contribution in [2.24, 2.45) is 5.92 Å². The van der Waals surface area contributed by atoms with Gasteiger partial charge in [0.15, 0.2) is 0 Å². The molecule has 0 amide bonds. The third-order valence-corrected chi connectivity index (χ3v) is 8.69. The molecule has 2 aliphatic rings. The minimum Gasteiger partial charge on any atom is -0.316 e. The van der Waals surface area contributed by atoms with E-state index in [1.165, 1.54) is 70.6 Å². The molecule has 0 bridgehead atoms. The van der Waals surface area contributed by atoms with E-state index in [9.17, 15) is 0 Å². The Morgan fingerprint density at radius 1 is 0.771 bits per heavy atom. The van der Waals surface area contributed by atoms with Crippen molar-refractivity contribution in [2.45, 2.75) is 71.1 Å². The molecule has 1 atom stereocenters. The molecule has 0 N–H and O–H groups in total. The first kappa shape index (κ1) is 22.4. The summed E-state index contributed by atoms with van der Waals surface area (Å²) >= 11 is 0. The zero-order valence-electron chi connectivity index (χ0n) is 21.9. The molecule has 1 heterocycles. The molecule has 3 aromatic carbocycles. The van der Waals surface area contributed by atoms with Gasteiger partial charge in [-0.05, 0) is 66.5 Å². The molecule has 1 unspecified atom stereocenters. The van der Waals surface area contributed by atoms with Gasteiger partial charge in [-0.1, -0.05) is 106 Å². The number of hydrogen-bond donors (Lipinski definition) is 0. The first-order valence-electron chi connectivity index (χ1n) is 13.3. The van der Waals surface area contributed by atoms with Gasteiger partial charge in [-0.2, -0.15) is 0 Å². The van der Waals surface area contributed by atoms with Crippen LogP contribution in [0.15, 0.2) is 78.9 Å². The van der Waals surface area contributed by atoms with E-state index in [-0.39, 0.29) is 10.8 Å². The lowest BCUT2D eigenvalue weighted by Crippen LogP contribution is -2.35. The minimum absolute atomic E-state index is 0.00379. The minimum atomic E-state index is -0.0955. The van der Waals surface area contributed by atoms with Gasteiger partial charge in [0.1, 0.15) is 0 Å². The molecule has 0 saturated heterocycles. The Kier molecular flexibility index (Phi) is 5.11. The average Bonchev–Trinajstić information content (AvgIpc) is 3.55. The normalized spacial score (nSPS) is 19.7. The number of rotatable bonds is 3. The molecule has 1 heteroatoms. The Morgan fingerprint density at radius 3 is 2.09 bits per heavy atom. The Bertz CT molecular complexity index is 1390. The Morgan fingerprint density at radius 2 is 1.40 bits per heavy atom. The van der Waals surface area contributed by atoms with E-state index in [4.69, 9.17) is 0 Å². The fraction of sp³-hybridized carbons (Fsp3) is 0.353. The van der Waals surface area contributed by atoms with Crippen LogP contribution in [0, 0.1) is 19.8 Å². The molecular formula is C34H37N. The van der Waals surface area contributed by atoms with Gasteiger partial charge in [-0.3, -0.25) is 0 Å². The van der Waals surface area contributed by atoms with Crippen molar-refractivity contribution < 1.29 is 0 Å². The summed E-state index contributed by atoms with van der Waals surface area (Å²) in [7, 11) is 0. The predicted molar refractivity (Wildman–Crippen MR) is 148 cm³/mol. The lowest BCUT2D eigenvalue weighted by atomic mass is 9.63. The molecule has 178 valence electrons. The number of benzene rings is 3. The second kappa shape index (κ2) is 7.98. The molecule has 1 saturated carbocycles. The number of aryl methyl sites for hydroxylation is 1. The van der Waals surface area contributed by atoms with Gasteiger partial charge in [0.25, 0.3) is 0 Å². The highest BCUT2D eigenvalue weighted by Gasteiger charge is 2.54. The molecule has 1 nitrogen and oxygen atoms in total. The van der Waals surface area contributed by atoms with Gasteiger partial charge in [0.05, 0.1) is 5.41 Å². The second-order valence-electron chi connectivity index (χ2n) is 11.8. The molecule has 4 aromatic rings. The van der Waals surface area contributed by atoms with E-state index < -0.39 is 0 Å². The van der Waals surface area contributed by atoms with Crippen LogP contribution in [0.2, 0.25) is 0 Å². The number of fused-ring (bicyclic) bond motifs is 3. The van der Waals surface area contributed by atoms with Crippen molar-refractivity contribution in [3.63, 3.8) is 0 Å². The summed E-state index contributed by atoms with van der Waals surface area (Å²) in [5, 5.41) is 0. The van der Waals surface area contributed by atoms with E-state index in [0.29, 0.717) is 5.92 Å². The monoisotopic (exact) mass is 459 g/mol. The van der Waals surface area contributed by atoms with Crippen molar-refractivity contribution >= 4 is 0 Å². The first-order valence-corrected chi connectivity index (χ1v) is 13.3. The maximum atomic E-state index is 2.61. The van der Waals surface area contributed by atoms with Crippen LogP contribution in [0.4, 0.5) is 0 Å². The smallest absolute Gasteiger partial charge is 0.0509 e. The van der Waals surface area contributed by atoms with Crippen molar-refractivity contribution in [1.29, 1.82) is 0 Å². The van der Waals surface area contributed by atoms with Crippen LogP contribution in [-0.4, -0.2) is 4.57 Å². The van der Waals surface area contributed by atoms with Crippen LogP contribution < -0.4 is 0 Å². The van der Waals surface area contributed by atoms with Crippen LogP contribution >= 0.6 is 0 Å². The zero-order valence-corrected chi connectivity index (χ0v) is 21.9. The van der Waals surface area contributed by atoms with Gasteiger partial charge >= 0.3 is 0 Å². The summed E-state index contributed by atoms with van der Waals surface area (Å²) in [5.74, 6) is 0.617. The summed E-state index contributed by atoms with van der Waals surface area (Å²) < 4.78 is 2.61. The molecular weight excluding hydrogens is 422 g/mol. The molecule has 1 fully saturated rings. The highest BCUT2D eigenvalue weighted by molar-refractivity contribution is 5.88. The van der Waals surface area contributed by atoms with Gasteiger partial charge in [0.2, 0.25) is 0 Å². The molecule has 0 radical (unpaired) electrons. The molecule has 0 aliphatic heterocycles. The van der Waals surface area contributed by atoms with Gasteiger partial charge in [0, 0.05) is 28.1 Å². The highest BCUT2D eigenvalue weighted by Crippen LogP contribution is 2.63. The summed E-state index contributed by atoms with van der Waals surface area (Å²) in [4.78, 5) is 0. The van der Waals surface area contributed by atoms with Crippen LogP contribution in [0.1, 0.15) is 80.1 Å². The molecule has 35 heavy (non-hydrogen) atoms. The Labute approximate surface area is 210 Å². The lowest BCUT2D eigenvalue weighted by Gasteiger charge is -2.39. The van der Waals surface area contributed by atoms with E-state index >= 15 is 0 Å². The lowest BCUT2D eigenvalue weighted by molar-refractivity contribution is 0.386. The number of aromatic nitrogens is 1. The zero-order chi connectivity index (χ0) is 24.4. The van der Waals surface area contributed by atoms with Gasteiger partial charge in [-0.15, -0.1) is 0 Å². The van der Waals surface area contributed by atoms with Gasteiger partial charge < -0.3 is 4.57 Å². The number of nitrogens with zero attached hydrogens (tertiary/aromatic N) is 1. The number of para-hydroxylation sites is 1. The van der Waals surface area contributed by atoms with Crippen LogP contribution in [0.25, 0.3) is 16.8 Å². The predicted octanol–water partition coefficient (Wildman–Crippen LogP) is 8.90. The molecule has 6 rings (SSSR count). The summed E-state index contributed by atoms with van der Waals surface area (Å²) in [5.41, 5.74) is 12.9. The van der Waals surface area contributed by atoms with E-state index in [0.717, 1.165) is 0 Å². The van der Waals surface area contributed by atoms with Crippen LogP contribution in [0.3, 0.4) is 0 Å². The van der Waals surface area contributed by atoms with E-state index in [1.807, 2.05) is 0 Å². The maximum Gasteiger partial charge on any atom is 0.0509 e. The fourth-order valence-corrected chi connectivity index (χ4v) is 7.46. The van der Waals surface area contributed by atoms with Crippen molar-refractivity contribution in [1.82, 2.24) is 4.57 Å². The summed E-state index contributed by atoms with van der Waals surface area (Å²) in [6, 6.07) is 29.7. The standard InChI is InChI=1S/C34H37N/c1-23-15-9-14-22-29(23)35-24(2)31-30(32(35)33(3,4)5)27-20-12-13-21-28(27)34(31,26-18-10-11-19-26)25-16-7-6-8-17-25/h6-9,12-17,20-22,26H,10-11,18-19H2,1-5H3. The van der Waals surface area contributed by atoms with Crippen LogP contribution in [-0.2, 0) is 10.8 Å². The summed E-state index contributed by atoms with van der Waals surface area (Å²) in [6.07, 6.45) is 5.26.